The lowest BCUT2D eigenvalue weighted by Gasteiger charge is -2.15. The Balaban J connectivity index is 2.18. The van der Waals surface area contributed by atoms with Gasteiger partial charge >= 0.3 is 0 Å². The van der Waals surface area contributed by atoms with E-state index in [0.29, 0.717) is 21.7 Å². The van der Waals surface area contributed by atoms with Gasteiger partial charge in [0.25, 0.3) is 0 Å². The Bertz CT molecular complexity index is 613. The Morgan fingerprint density at radius 2 is 1.95 bits per heavy atom. The summed E-state index contributed by atoms with van der Waals surface area (Å²) in [6.45, 7) is 6.79. The number of aryl methyl sites for hydroxylation is 1. The summed E-state index contributed by atoms with van der Waals surface area (Å²) in [5.41, 5.74) is 0. The molecule has 114 valence electrons. The first-order valence-corrected chi connectivity index (χ1v) is 7.69. The number of hydrogen-bond acceptors (Lipinski definition) is 4. The van der Waals surface area contributed by atoms with Crippen LogP contribution in [0.25, 0.3) is 0 Å². The molecule has 21 heavy (non-hydrogen) atoms. The number of hydrogen-bond donors (Lipinski definition) is 2. The summed E-state index contributed by atoms with van der Waals surface area (Å²) >= 11 is 12.3. The highest BCUT2D eigenvalue weighted by Gasteiger charge is 2.14. The zero-order chi connectivity index (χ0) is 15.4. The van der Waals surface area contributed by atoms with E-state index in [1.165, 1.54) is 0 Å². The number of nitrogens with zero attached hydrogens (tertiary/aromatic N) is 1. The van der Waals surface area contributed by atoms with Crippen LogP contribution in [0.2, 0.25) is 10.0 Å². The van der Waals surface area contributed by atoms with E-state index in [1.54, 1.807) is 6.07 Å². The summed E-state index contributed by atoms with van der Waals surface area (Å²) in [4.78, 5) is 4.45. The van der Waals surface area contributed by atoms with Gasteiger partial charge in [0.05, 0.1) is 16.1 Å². The second-order valence-electron chi connectivity index (χ2n) is 4.89. The van der Waals surface area contributed by atoms with Gasteiger partial charge in [0, 0.05) is 6.54 Å². The van der Waals surface area contributed by atoms with Crippen LogP contribution in [0, 0.1) is 6.92 Å². The van der Waals surface area contributed by atoms with E-state index in [1.807, 2.05) is 26.0 Å². The van der Waals surface area contributed by atoms with Crippen LogP contribution in [0.4, 0.5) is 11.6 Å². The Hall–Kier alpha value is -1.39. The van der Waals surface area contributed by atoms with Crippen molar-refractivity contribution in [2.75, 3.05) is 17.2 Å². The van der Waals surface area contributed by atoms with Crippen molar-refractivity contribution in [1.29, 1.82) is 0 Å². The SMILES string of the molecule is CCCNc1nc(NC(C)c2ccc(C)o2)c(Cl)cc1Cl. The predicted molar refractivity (Wildman–Crippen MR) is 88.5 cm³/mol. The van der Waals surface area contributed by atoms with Crippen molar-refractivity contribution in [2.45, 2.75) is 33.2 Å². The minimum Gasteiger partial charge on any atom is -0.464 e. The zero-order valence-electron chi connectivity index (χ0n) is 12.3. The monoisotopic (exact) mass is 327 g/mol. The van der Waals surface area contributed by atoms with Crippen LogP contribution in [0.3, 0.4) is 0 Å². The Labute approximate surface area is 134 Å². The molecule has 1 unspecified atom stereocenters. The summed E-state index contributed by atoms with van der Waals surface area (Å²) in [6.07, 6.45) is 0.992. The molecule has 0 saturated heterocycles. The minimum atomic E-state index is -0.0381. The Morgan fingerprint density at radius 3 is 2.57 bits per heavy atom. The van der Waals surface area contributed by atoms with Crippen LogP contribution in [-0.4, -0.2) is 11.5 Å². The van der Waals surface area contributed by atoms with E-state index in [9.17, 15) is 0 Å². The molecule has 2 aromatic rings. The fraction of sp³-hybridized carbons (Fsp3) is 0.400. The molecule has 2 N–H and O–H groups in total. The fourth-order valence-corrected chi connectivity index (χ4v) is 2.38. The number of anilines is 2. The van der Waals surface area contributed by atoms with Gasteiger partial charge in [-0.25, -0.2) is 4.98 Å². The second kappa shape index (κ2) is 7.05. The largest absolute Gasteiger partial charge is 0.464 e. The van der Waals surface area contributed by atoms with Crippen molar-refractivity contribution in [3.05, 3.63) is 39.8 Å². The molecular weight excluding hydrogens is 309 g/mol. The highest BCUT2D eigenvalue weighted by Crippen LogP contribution is 2.31. The van der Waals surface area contributed by atoms with Crippen LogP contribution in [-0.2, 0) is 0 Å². The van der Waals surface area contributed by atoms with Crippen molar-refractivity contribution in [3.8, 4) is 0 Å². The smallest absolute Gasteiger partial charge is 0.147 e. The van der Waals surface area contributed by atoms with Gasteiger partial charge in [-0.2, -0.15) is 0 Å². The van der Waals surface area contributed by atoms with Crippen molar-refractivity contribution in [2.24, 2.45) is 0 Å². The molecule has 0 amide bonds. The van der Waals surface area contributed by atoms with E-state index in [0.717, 1.165) is 24.5 Å². The highest BCUT2D eigenvalue weighted by atomic mass is 35.5. The van der Waals surface area contributed by atoms with Crippen LogP contribution >= 0.6 is 23.2 Å². The third-order valence-electron chi connectivity index (χ3n) is 3.01. The number of halogens is 2. The van der Waals surface area contributed by atoms with Crippen LogP contribution in [0.1, 0.15) is 37.8 Å². The summed E-state index contributed by atoms with van der Waals surface area (Å²) in [5, 5.41) is 7.43. The number of pyridine rings is 1. The van der Waals surface area contributed by atoms with E-state index in [4.69, 9.17) is 27.6 Å². The average molecular weight is 328 g/mol. The molecule has 6 heteroatoms. The third kappa shape index (κ3) is 4.05. The molecule has 2 aromatic heterocycles. The lowest BCUT2D eigenvalue weighted by molar-refractivity contribution is 0.466. The van der Waals surface area contributed by atoms with Crippen molar-refractivity contribution < 1.29 is 4.42 Å². The Morgan fingerprint density at radius 1 is 1.24 bits per heavy atom. The first-order valence-electron chi connectivity index (χ1n) is 6.94. The molecule has 0 aliphatic carbocycles. The first kappa shape index (κ1) is 16.0. The molecule has 0 fully saturated rings. The maximum atomic E-state index is 6.20. The van der Waals surface area contributed by atoms with Crippen molar-refractivity contribution >= 4 is 34.8 Å². The van der Waals surface area contributed by atoms with Gasteiger partial charge in [-0.3, -0.25) is 0 Å². The Kier molecular flexibility index (Phi) is 5.37. The molecular formula is C15H19Cl2N3O. The van der Waals surface area contributed by atoms with Crippen LogP contribution in [0.15, 0.2) is 22.6 Å². The highest BCUT2D eigenvalue weighted by molar-refractivity contribution is 6.37. The van der Waals surface area contributed by atoms with Crippen LogP contribution in [0.5, 0.6) is 0 Å². The summed E-state index contributed by atoms with van der Waals surface area (Å²) in [5.74, 6) is 2.93. The lowest BCUT2D eigenvalue weighted by Crippen LogP contribution is -2.10. The number of furan rings is 1. The second-order valence-corrected chi connectivity index (χ2v) is 5.70. The van der Waals surface area contributed by atoms with Crippen LogP contribution < -0.4 is 10.6 Å². The molecule has 0 bridgehead atoms. The van der Waals surface area contributed by atoms with Gasteiger partial charge in [-0.1, -0.05) is 30.1 Å². The summed E-state index contributed by atoms with van der Waals surface area (Å²) in [6, 6.07) is 5.52. The van der Waals surface area contributed by atoms with Gasteiger partial charge in [0.2, 0.25) is 0 Å². The number of nitrogens with one attached hydrogen (secondary N) is 2. The predicted octanol–water partition coefficient (Wildman–Crippen LogP) is 5.28. The molecule has 4 nitrogen and oxygen atoms in total. The molecule has 0 aliphatic rings. The average Bonchev–Trinajstić information content (AvgIpc) is 2.87. The standard InChI is InChI=1S/C15H19Cl2N3O/c1-4-7-18-14-11(16)8-12(17)15(20-14)19-10(3)13-6-5-9(2)21-13/h5-6,8,10H,4,7H2,1-3H3,(H2,18,19,20). The first-order chi connectivity index (χ1) is 10.0. The van der Waals surface area contributed by atoms with Gasteiger partial charge in [-0.15, -0.1) is 0 Å². The minimum absolute atomic E-state index is 0.0381. The number of aromatic nitrogens is 1. The molecule has 1 atom stereocenters. The van der Waals surface area contributed by atoms with Gasteiger partial charge < -0.3 is 15.1 Å². The zero-order valence-corrected chi connectivity index (χ0v) is 13.8. The molecule has 0 spiro atoms. The molecule has 2 heterocycles. The summed E-state index contributed by atoms with van der Waals surface area (Å²) < 4.78 is 5.60. The van der Waals surface area contributed by atoms with Crippen molar-refractivity contribution in [3.63, 3.8) is 0 Å². The normalized spacial score (nSPS) is 12.2. The maximum Gasteiger partial charge on any atom is 0.147 e. The molecule has 2 rings (SSSR count). The molecule has 0 aliphatic heterocycles. The third-order valence-corrected chi connectivity index (χ3v) is 3.59. The van der Waals surface area contributed by atoms with E-state index in [-0.39, 0.29) is 6.04 Å². The van der Waals surface area contributed by atoms with Gasteiger partial charge in [0.15, 0.2) is 0 Å². The maximum absolute atomic E-state index is 6.20. The van der Waals surface area contributed by atoms with Gasteiger partial charge in [0.1, 0.15) is 23.2 Å². The van der Waals surface area contributed by atoms with Gasteiger partial charge in [-0.05, 0) is 38.5 Å². The lowest BCUT2D eigenvalue weighted by atomic mass is 10.2. The summed E-state index contributed by atoms with van der Waals surface area (Å²) in [7, 11) is 0. The van der Waals surface area contributed by atoms with E-state index in [2.05, 4.69) is 22.5 Å². The quantitative estimate of drug-likeness (QED) is 0.757. The molecule has 0 radical (unpaired) electrons. The van der Waals surface area contributed by atoms with E-state index < -0.39 is 0 Å². The van der Waals surface area contributed by atoms with Crippen molar-refractivity contribution in [1.82, 2.24) is 4.98 Å². The molecule has 0 saturated carbocycles. The van der Waals surface area contributed by atoms with E-state index >= 15 is 0 Å². The topological polar surface area (TPSA) is 50.1 Å². The molecule has 0 aromatic carbocycles. The fourth-order valence-electron chi connectivity index (χ4n) is 1.90. The number of rotatable bonds is 6.